The molecule has 1 aromatic carbocycles. The molecule has 0 nitrogen and oxygen atoms in total. The Balaban J connectivity index is 2.22. The molecule has 0 bridgehead atoms. The molecule has 1 aliphatic carbocycles. The van der Waals surface area contributed by atoms with Gasteiger partial charge < -0.3 is 0 Å². The smallest absolute Gasteiger partial charge is 0.0406 e. The lowest BCUT2D eigenvalue weighted by atomic mass is 9.60. The normalized spacial score (nSPS) is 32.7. The fourth-order valence-corrected chi connectivity index (χ4v) is 2.69. The van der Waals surface area contributed by atoms with Crippen molar-refractivity contribution in [3.05, 3.63) is 34.9 Å². The van der Waals surface area contributed by atoms with Gasteiger partial charge in [-0.05, 0) is 41.9 Å². The van der Waals surface area contributed by atoms with Gasteiger partial charge in [-0.2, -0.15) is 0 Å². The van der Waals surface area contributed by atoms with Crippen LogP contribution < -0.4 is 0 Å². The fourth-order valence-electron chi connectivity index (χ4n) is 2.57. The van der Waals surface area contributed by atoms with E-state index in [-0.39, 0.29) is 0 Å². The minimum Gasteiger partial charge on any atom is -0.0843 e. The van der Waals surface area contributed by atoms with Gasteiger partial charge in [0.05, 0.1) is 0 Å². The lowest BCUT2D eigenvalue weighted by molar-refractivity contribution is 0.178. The van der Waals surface area contributed by atoms with Crippen molar-refractivity contribution in [3.63, 3.8) is 0 Å². The highest BCUT2D eigenvalue weighted by atomic mass is 35.5. The predicted molar refractivity (Wildman–Crippen MR) is 57.2 cm³/mol. The molecule has 0 aliphatic heterocycles. The van der Waals surface area contributed by atoms with Crippen molar-refractivity contribution in [1.29, 1.82) is 0 Å². The summed E-state index contributed by atoms with van der Waals surface area (Å²) in [7, 11) is 0. The third-order valence-electron chi connectivity index (χ3n) is 3.14. The van der Waals surface area contributed by atoms with Gasteiger partial charge in [-0.3, -0.25) is 0 Å². The van der Waals surface area contributed by atoms with Gasteiger partial charge in [-0.25, -0.2) is 0 Å². The Kier molecular flexibility index (Phi) is 2.11. The summed E-state index contributed by atoms with van der Waals surface area (Å²) in [6.45, 7) is 4.66. The maximum Gasteiger partial charge on any atom is 0.0406 e. The highest BCUT2D eigenvalue weighted by Gasteiger charge is 2.38. The second kappa shape index (κ2) is 3.02. The first kappa shape index (κ1) is 9.08. The highest BCUT2D eigenvalue weighted by Crippen LogP contribution is 2.47. The van der Waals surface area contributed by atoms with Gasteiger partial charge in [0, 0.05) is 5.02 Å². The number of hydrogen-bond donors (Lipinski definition) is 0. The SMILES string of the molecule is C[C@H]1C[C@@](C)(c2ccc(Cl)cc2)C1. The van der Waals surface area contributed by atoms with Gasteiger partial charge in [0.25, 0.3) is 0 Å². The van der Waals surface area contributed by atoms with Crippen molar-refractivity contribution in [1.82, 2.24) is 0 Å². The molecule has 0 amide bonds. The third-order valence-corrected chi connectivity index (χ3v) is 3.39. The van der Waals surface area contributed by atoms with E-state index in [1.54, 1.807) is 0 Å². The first-order chi connectivity index (χ1) is 6.10. The summed E-state index contributed by atoms with van der Waals surface area (Å²) in [5.41, 5.74) is 1.86. The summed E-state index contributed by atoms with van der Waals surface area (Å²) in [5, 5.41) is 0.833. The van der Waals surface area contributed by atoms with Gasteiger partial charge in [0.15, 0.2) is 0 Å². The lowest BCUT2D eigenvalue weighted by Gasteiger charge is -2.44. The summed E-state index contributed by atoms with van der Waals surface area (Å²) in [5.74, 6) is 0.890. The maximum absolute atomic E-state index is 5.85. The molecule has 0 unspecified atom stereocenters. The van der Waals surface area contributed by atoms with Crippen molar-refractivity contribution < 1.29 is 0 Å². The maximum atomic E-state index is 5.85. The van der Waals surface area contributed by atoms with Crippen LogP contribution in [0.25, 0.3) is 0 Å². The van der Waals surface area contributed by atoms with Crippen LogP contribution in [0, 0.1) is 5.92 Å². The van der Waals surface area contributed by atoms with Crippen LogP contribution in [0.5, 0.6) is 0 Å². The van der Waals surface area contributed by atoms with Gasteiger partial charge in [-0.1, -0.05) is 37.6 Å². The standard InChI is InChI=1S/C12H15Cl/c1-9-7-12(2,8-9)10-3-5-11(13)6-4-10/h3-6,9H,7-8H2,1-2H3/t9-,12+. The molecule has 13 heavy (non-hydrogen) atoms. The molecule has 1 heteroatoms. The Morgan fingerprint density at radius 2 is 1.77 bits per heavy atom. The van der Waals surface area contributed by atoms with E-state index in [0.29, 0.717) is 5.41 Å². The minimum absolute atomic E-state index is 0.421. The van der Waals surface area contributed by atoms with Crippen LogP contribution in [0.2, 0.25) is 5.02 Å². The van der Waals surface area contributed by atoms with Crippen LogP contribution in [-0.2, 0) is 5.41 Å². The van der Waals surface area contributed by atoms with Crippen LogP contribution in [0.15, 0.2) is 24.3 Å². The number of benzene rings is 1. The van der Waals surface area contributed by atoms with Crippen LogP contribution in [0.3, 0.4) is 0 Å². The van der Waals surface area contributed by atoms with Crippen molar-refractivity contribution in [3.8, 4) is 0 Å². The summed E-state index contributed by atoms with van der Waals surface area (Å²) in [6, 6.07) is 8.30. The van der Waals surface area contributed by atoms with E-state index < -0.39 is 0 Å². The van der Waals surface area contributed by atoms with E-state index in [9.17, 15) is 0 Å². The van der Waals surface area contributed by atoms with E-state index in [2.05, 4.69) is 26.0 Å². The van der Waals surface area contributed by atoms with Gasteiger partial charge in [0.2, 0.25) is 0 Å². The summed E-state index contributed by atoms with van der Waals surface area (Å²) in [4.78, 5) is 0. The first-order valence-corrected chi connectivity index (χ1v) is 5.24. The fraction of sp³-hybridized carbons (Fsp3) is 0.500. The van der Waals surface area contributed by atoms with Crippen molar-refractivity contribution in [2.24, 2.45) is 5.92 Å². The van der Waals surface area contributed by atoms with Crippen LogP contribution in [0.1, 0.15) is 32.3 Å². The Labute approximate surface area is 84.9 Å². The van der Waals surface area contributed by atoms with E-state index in [4.69, 9.17) is 11.6 Å². The molecule has 0 radical (unpaired) electrons. The van der Waals surface area contributed by atoms with Crippen LogP contribution >= 0.6 is 11.6 Å². The molecular weight excluding hydrogens is 180 g/mol. The Hall–Kier alpha value is -0.490. The van der Waals surface area contributed by atoms with Crippen LogP contribution in [0.4, 0.5) is 0 Å². The second-order valence-corrected chi connectivity index (χ2v) is 5.02. The summed E-state index contributed by atoms with van der Waals surface area (Å²) < 4.78 is 0. The molecule has 0 aromatic heterocycles. The lowest BCUT2D eigenvalue weighted by Crippen LogP contribution is -2.36. The van der Waals surface area contributed by atoms with Gasteiger partial charge in [0.1, 0.15) is 0 Å². The molecule has 1 saturated carbocycles. The molecular formula is C12H15Cl. The largest absolute Gasteiger partial charge is 0.0843 e. The van der Waals surface area contributed by atoms with Gasteiger partial charge >= 0.3 is 0 Å². The third kappa shape index (κ3) is 1.60. The average Bonchev–Trinajstić information content (AvgIpc) is 2.03. The zero-order valence-electron chi connectivity index (χ0n) is 8.18. The Morgan fingerprint density at radius 1 is 1.23 bits per heavy atom. The van der Waals surface area contributed by atoms with E-state index in [1.807, 2.05) is 12.1 Å². The minimum atomic E-state index is 0.421. The molecule has 0 heterocycles. The molecule has 0 N–H and O–H groups in total. The average molecular weight is 195 g/mol. The number of halogens is 1. The van der Waals surface area contributed by atoms with Gasteiger partial charge in [-0.15, -0.1) is 0 Å². The van der Waals surface area contributed by atoms with Crippen molar-refractivity contribution in [2.75, 3.05) is 0 Å². The number of rotatable bonds is 1. The predicted octanol–water partition coefficient (Wildman–Crippen LogP) is 4.03. The van der Waals surface area contributed by atoms with Crippen LogP contribution in [-0.4, -0.2) is 0 Å². The molecule has 70 valence electrons. The second-order valence-electron chi connectivity index (χ2n) is 4.58. The molecule has 2 rings (SSSR count). The molecule has 1 aliphatic rings. The quantitative estimate of drug-likeness (QED) is 0.634. The van der Waals surface area contributed by atoms with E-state index in [1.165, 1.54) is 18.4 Å². The van der Waals surface area contributed by atoms with Crippen molar-refractivity contribution in [2.45, 2.75) is 32.1 Å². The Morgan fingerprint density at radius 3 is 2.23 bits per heavy atom. The highest BCUT2D eigenvalue weighted by molar-refractivity contribution is 6.30. The molecule has 0 spiro atoms. The summed E-state index contributed by atoms with van der Waals surface area (Å²) >= 11 is 5.85. The monoisotopic (exact) mass is 194 g/mol. The van der Waals surface area contributed by atoms with E-state index in [0.717, 1.165) is 10.9 Å². The zero-order valence-corrected chi connectivity index (χ0v) is 8.93. The molecule has 0 atom stereocenters. The number of hydrogen-bond acceptors (Lipinski definition) is 0. The van der Waals surface area contributed by atoms with E-state index >= 15 is 0 Å². The topological polar surface area (TPSA) is 0 Å². The molecule has 1 aromatic rings. The summed E-state index contributed by atoms with van der Waals surface area (Å²) in [6.07, 6.45) is 2.63. The zero-order chi connectivity index (χ0) is 9.47. The van der Waals surface area contributed by atoms with Crippen molar-refractivity contribution >= 4 is 11.6 Å². The molecule has 1 fully saturated rings. The Bertz CT molecular complexity index is 293. The first-order valence-electron chi connectivity index (χ1n) is 4.86. The molecule has 0 saturated heterocycles.